The van der Waals surface area contributed by atoms with Gasteiger partial charge in [0.25, 0.3) is 0 Å². The Balaban J connectivity index is 1.84. The Morgan fingerprint density at radius 3 is 2.57 bits per heavy atom. The van der Waals surface area contributed by atoms with Crippen molar-refractivity contribution in [2.75, 3.05) is 12.3 Å². The Kier molecular flexibility index (Phi) is 4.31. The third-order valence-corrected chi connectivity index (χ3v) is 5.15. The van der Waals surface area contributed by atoms with Gasteiger partial charge in [-0.15, -0.1) is 11.8 Å². The average Bonchev–Trinajstić information content (AvgIpc) is 3.18. The minimum atomic E-state index is -0.0940. The molecule has 1 aliphatic carbocycles. The fourth-order valence-electron chi connectivity index (χ4n) is 2.98. The monoisotopic (exact) mass is 303 g/mol. The van der Waals surface area contributed by atoms with E-state index in [0.717, 1.165) is 24.2 Å². The van der Waals surface area contributed by atoms with Gasteiger partial charge in [0.1, 0.15) is 0 Å². The lowest BCUT2D eigenvalue weighted by Crippen LogP contribution is -2.32. The molecule has 1 heterocycles. The van der Waals surface area contributed by atoms with Crippen LogP contribution in [0, 0.1) is 0 Å². The van der Waals surface area contributed by atoms with E-state index in [9.17, 15) is 0 Å². The van der Waals surface area contributed by atoms with Gasteiger partial charge in [0.15, 0.2) is 0 Å². The minimum absolute atomic E-state index is 0.0940. The Hall–Kier alpha value is -1.33. The Morgan fingerprint density at radius 1 is 1.24 bits per heavy atom. The second-order valence-electron chi connectivity index (χ2n) is 5.57. The third kappa shape index (κ3) is 2.85. The van der Waals surface area contributed by atoms with Crippen LogP contribution in [0.25, 0.3) is 11.4 Å². The van der Waals surface area contributed by atoms with Gasteiger partial charge >= 0.3 is 0 Å². The van der Waals surface area contributed by atoms with Crippen molar-refractivity contribution in [2.24, 2.45) is 5.73 Å². The van der Waals surface area contributed by atoms with Crippen molar-refractivity contribution in [1.29, 1.82) is 0 Å². The van der Waals surface area contributed by atoms with Crippen molar-refractivity contribution in [3.63, 3.8) is 0 Å². The Labute approximate surface area is 129 Å². The fraction of sp³-hybridized carbons (Fsp3) is 0.500. The summed E-state index contributed by atoms with van der Waals surface area (Å²) in [6.07, 6.45) is 4.49. The molecule has 4 nitrogen and oxygen atoms in total. The van der Waals surface area contributed by atoms with Crippen LogP contribution in [-0.2, 0) is 5.41 Å². The van der Waals surface area contributed by atoms with Crippen LogP contribution in [0.2, 0.25) is 0 Å². The SMILES string of the molecule is CCSc1ccc(-c2noc(C3(CN)CCCC3)n2)cc1. The summed E-state index contributed by atoms with van der Waals surface area (Å²) in [6.45, 7) is 2.73. The van der Waals surface area contributed by atoms with E-state index in [1.54, 1.807) is 0 Å². The van der Waals surface area contributed by atoms with E-state index < -0.39 is 0 Å². The second-order valence-corrected chi connectivity index (χ2v) is 6.91. The highest BCUT2D eigenvalue weighted by Gasteiger charge is 2.39. The topological polar surface area (TPSA) is 64.9 Å². The molecular weight excluding hydrogens is 282 g/mol. The van der Waals surface area contributed by atoms with Crippen molar-refractivity contribution in [3.05, 3.63) is 30.2 Å². The number of aromatic nitrogens is 2. The summed E-state index contributed by atoms with van der Waals surface area (Å²) in [7, 11) is 0. The van der Waals surface area contributed by atoms with Crippen LogP contribution in [0.5, 0.6) is 0 Å². The zero-order chi connectivity index (χ0) is 14.7. The van der Waals surface area contributed by atoms with E-state index in [-0.39, 0.29) is 5.41 Å². The van der Waals surface area contributed by atoms with E-state index >= 15 is 0 Å². The molecule has 0 atom stereocenters. The molecule has 1 aromatic heterocycles. The van der Waals surface area contributed by atoms with Gasteiger partial charge in [-0.2, -0.15) is 4.98 Å². The summed E-state index contributed by atoms with van der Waals surface area (Å²) < 4.78 is 5.53. The van der Waals surface area contributed by atoms with Gasteiger partial charge in [0.05, 0.1) is 5.41 Å². The lowest BCUT2D eigenvalue weighted by atomic mass is 9.86. The molecule has 21 heavy (non-hydrogen) atoms. The molecule has 0 radical (unpaired) electrons. The average molecular weight is 303 g/mol. The highest BCUT2D eigenvalue weighted by Crippen LogP contribution is 2.39. The molecule has 5 heteroatoms. The standard InChI is InChI=1S/C16H21N3OS/c1-2-21-13-7-5-12(6-8-13)14-18-15(20-19-14)16(11-17)9-3-4-10-16/h5-8H,2-4,9-11,17H2,1H3. The third-order valence-electron chi connectivity index (χ3n) is 4.25. The van der Waals surface area contributed by atoms with Crippen LogP contribution in [0.1, 0.15) is 38.5 Å². The summed E-state index contributed by atoms with van der Waals surface area (Å²) in [4.78, 5) is 5.88. The molecule has 0 saturated heterocycles. The molecule has 0 bridgehead atoms. The molecule has 1 aliphatic rings. The van der Waals surface area contributed by atoms with Crippen LogP contribution in [0.3, 0.4) is 0 Å². The molecular formula is C16H21N3OS. The van der Waals surface area contributed by atoms with E-state index in [4.69, 9.17) is 10.3 Å². The first-order chi connectivity index (χ1) is 10.3. The van der Waals surface area contributed by atoms with E-state index in [1.807, 2.05) is 11.8 Å². The van der Waals surface area contributed by atoms with Crippen LogP contribution >= 0.6 is 11.8 Å². The molecule has 1 saturated carbocycles. The number of rotatable bonds is 5. The summed E-state index contributed by atoms with van der Waals surface area (Å²) in [6, 6.07) is 8.31. The number of nitrogens with zero attached hydrogens (tertiary/aromatic N) is 2. The number of hydrogen-bond acceptors (Lipinski definition) is 5. The van der Waals surface area contributed by atoms with Crippen LogP contribution in [0.15, 0.2) is 33.7 Å². The number of hydrogen-bond donors (Lipinski definition) is 1. The van der Waals surface area contributed by atoms with Gasteiger partial charge in [-0.1, -0.05) is 24.9 Å². The fourth-order valence-corrected chi connectivity index (χ4v) is 3.64. The largest absolute Gasteiger partial charge is 0.338 e. The first-order valence-electron chi connectivity index (χ1n) is 7.55. The van der Waals surface area contributed by atoms with Gasteiger partial charge in [-0.25, -0.2) is 0 Å². The number of benzene rings is 1. The normalized spacial score (nSPS) is 17.2. The summed E-state index contributed by atoms with van der Waals surface area (Å²) in [5.74, 6) is 2.45. The smallest absolute Gasteiger partial charge is 0.234 e. The van der Waals surface area contributed by atoms with Gasteiger partial charge in [-0.3, -0.25) is 0 Å². The van der Waals surface area contributed by atoms with Crippen LogP contribution in [0.4, 0.5) is 0 Å². The van der Waals surface area contributed by atoms with Crippen molar-refractivity contribution in [2.45, 2.75) is 42.9 Å². The number of thioether (sulfide) groups is 1. The molecule has 1 aromatic carbocycles. The Morgan fingerprint density at radius 2 is 1.95 bits per heavy atom. The molecule has 2 N–H and O–H groups in total. The maximum absolute atomic E-state index is 5.97. The van der Waals surface area contributed by atoms with E-state index in [0.29, 0.717) is 18.3 Å². The van der Waals surface area contributed by atoms with Crippen LogP contribution < -0.4 is 5.73 Å². The van der Waals surface area contributed by atoms with Crippen molar-refractivity contribution in [3.8, 4) is 11.4 Å². The van der Waals surface area contributed by atoms with Gasteiger partial charge < -0.3 is 10.3 Å². The molecule has 2 aromatic rings. The van der Waals surface area contributed by atoms with Gasteiger partial charge in [-0.05, 0) is 42.9 Å². The summed E-state index contributed by atoms with van der Waals surface area (Å²) in [5.41, 5.74) is 6.87. The predicted octanol–water partition coefficient (Wildman–Crippen LogP) is 3.62. The zero-order valence-corrected chi connectivity index (χ0v) is 13.2. The maximum Gasteiger partial charge on any atom is 0.234 e. The van der Waals surface area contributed by atoms with E-state index in [1.165, 1.54) is 17.7 Å². The molecule has 0 aliphatic heterocycles. The first-order valence-corrected chi connectivity index (χ1v) is 8.53. The van der Waals surface area contributed by atoms with Crippen molar-refractivity contribution >= 4 is 11.8 Å². The maximum atomic E-state index is 5.97. The Bertz CT molecular complexity index is 588. The summed E-state index contributed by atoms with van der Waals surface area (Å²) >= 11 is 1.83. The highest BCUT2D eigenvalue weighted by atomic mass is 32.2. The highest BCUT2D eigenvalue weighted by molar-refractivity contribution is 7.99. The molecule has 0 amide bonds. The van der Waals surface area contributed by atoms with Crippen molar-refractivity contribution in [1.82, 2.24) is 10.1 Å². The molecule has 1 fully saturated rings. The second kappa shape index (κ2) is 6.20. The van der Waals surface area contributed by atoms with Crippen molar-refractivity contribution < 1.29 is 4.52 Å². The minimum Gasteiger partial charge on any atom is -0.338 e. The molecule has 0 spiro atoms. The quantitative estimate of drug-likeness (QED) is 0.855. The zero-order valence-electron chi connectivity index (χ0n) is 12.3. The summed E-state index contributed by atoms with van der Waals surface area (Å²) in [5, 5.41) is 4.15. The number of nitrogens with two attached hydrogens (primary N) is 1. The first kappa shape index (κ1) is 14.6. The molecule has 3 rings (SSSR count). The molecule has 112 valence electrons. The van der Waals surface area contributed by atoms with E-state index in [2.05, 4.69) is 41.3 Å². The molecule has 0 unspecified atom stereocenters. The van der Waals surface area contributed by atoms with Crippen LogP contribution in [-0.4, -0.2) is 22.4 Å². The lowest BCUT2D eigenvalue weighted by molar-refractivity contribution is 0.284. The van der Waals surface area contributed by atoms with Gasteiger partial charge in [0.2, 0.25) is 11.7 Å². The predicted molar refractivity (Wildman–Crippen MR) is 85.3 cm³/mol. The lowest BCUT2D eigenvalue weighted by Gasteiger charge is -2.21. The van der Waals surface area contributed by atoms with Gasteiger partial charge in [0, 0.05) is 17.0 Å².